The molecule has 1 N–H and O–H groups in total. The number of fused-ring (bicyclic) bond motifs is 6. The monoisotopic (exact) mass is 1290 g/mol. The van der Waals surface area contributed by atoms with Crippen molar-refractivity contribution in [2.75, 3.05) is 13.7 Å². The maximum absolute atomic E-state index is 13.9. The summed E-state index contributed by atoms with van der Waals surface area (Å²) in [5.74, 6) is 1.32. The van der Waals surface area contributed by atoms with Gasteiger partial charge in [-0.15, -0.1) is 0 Å². The van der Waals surface area contributed by atoms with Gasteiger partial charge in [-0.3, -0.25) is 4.90 Å². The van der Waals surface area contributed by atoms with E-state index in [2.05, 4.69) is 77.5 Å². The van der Waals surface area contributed by atoms with Crippen LogP contribution in [0.25, 0.3) is 10.9 Å². The van der Waals surface area contributed by atoms with Crippen LogP contribution in [0.3, 0.4) is 0 Å². The first kappa shape index (κ1) is 98.3. The Balaban J connectivity index is 0.000000393. The normalized spacial score (nSPS) is 12.8. The van der Waals surface area contributed by atoms with E-state index in [0.717, 1.165) is 47.5 Å². The molecule has 3 heterocycles. The third-order valence-electron chi connectivity index (χ3n) is 23.0. The van der Waals surface area contributed by atoms with Crippen molar-refractivity contribution < 1.29 is 13.9 Å². The molecular formula is C34H31B70FN2O2. The number of aryl methyl sites for hydroxylation is 1. The lowest BCUT2D eigenvalue weighted by molar-refractivity contribution is 0.127. The van der Waals surface area contributed by atoms with E-state index in [4.69, 9.17) is 288 Å². The number of halogens is 1. The number of rotatable bonds is 38. The molecule has 0 bridgehead atoms. The van der Waals surface area contributed by atoms with Gasteiger partial charge in [-0.2, -0.15) is 0 Å². The number of hydrogen-bond acceptors (Lipinski definition) is 3. The zero-order valence-corrected chi connectivity index (χ0v) is 62.6. The van der Waals surface area contributed by atoms with Crippen molar-refractivity contribution in [2.24, 2.45) is 0 Å². The molecular weight excluding hydrogens is 1240 g/mol. The Hall–Kier alpha value is 0.455. The molecule has 1 aromatic heterocycles. The molecule has 0 fully saturated rings. The lowest BCUT2D eigenvalue weighted by Gasteiger charge is -2.60. The minimum absolute atomic E-state index is 0.0170. The fourth-order valence-electron chi connectivity index (χ4n) is 18.7. The first-order valence-corrected chi connectivity index (χ1v) is 36.6. The topological polar surface area (TPSA) is 37.5 Å². The number of aromatic amines is 1. The smallest absolute Gasteiger partial charge is 0.161 e. The molecule has 75 heteroatoms. The Kier molecular flexibility index (Phi) is 39.8. The van der Waals surface area contributed by atoms with Crippen LogP contribution in [0.15, 0.2) is 84.9 Å². The summed E-state index contributed by atoms with van der Waals surface area (Å²) in [5, 5.41) is 1.26. The summed E-state index contributed by atoms with van der Waals surface area (Å²) in [7, 11) is 244. The van der Waals surface area contributed by atoms with Gasteiger partial charge >= 0.3 is 0 Å². The number of benzene rings is 4. The minimum Gasteiger partial charge on any atom is -0.493 e. The van der Waals surface area contributed by atoms with Gasteiger partial charge in [-0.05, 0) is 77.9 Å². The van der Waals surface area contributed by atoms with Gasteiger partial charge in [0, 0.05) is 525 Å². The Morgan fingerprint density at radius 2 is 0.697 bits per heavy atom. The summed E-state index contributed by atoms with van der Waals surface area (Å²) in [6.07, 6.45) is -51.2. The van der Waals surface area contributed by atoms with Gasteiger partial charge in [0.15, 0.2) is 11.5 Å². The number of H-pyrrole nitrogens is 1. The van der Waals surface area contributed by atoms with Crippen LogP contribution in [0, 0.1) is 12.7 Å². The van der Waals surface area contributed by atoms with E-state index in [0.29, 0.717) is 6.61 Å². The van der Waals surface area contributed by atoms with E-state index in [1.807, 2.05) is 12.1 Å². The second-order valence-corrected chi connectivity index (χ2v) is 30.3. The fraction of sp³-hybridized carbons (Fsp3) is 0.235. The molecule has 0 amide bonds. The van der Waals surface area contributed by atoms with Crippen molar-refractivity contribution >= 4 is 507 Å². The fourth-order valence-corrected chi connectivity index (χ4v) is 18.7. The number of nitrogens with one attached hydrogen (secondary N) is 1. The van der Waals surface area contributed by atoms with E-state index in [1.165, 1.54) is 33.3 Å². The predicted octanol–water partition coefficient (Wildman–Crippen LogP) is -19.2. The molecule has 0 saturated carbocycles. The van der Waals surface area contributed by atoms with Crippen LogP contribution in [0.2, 0.25) is 0 Å². The third-order valence-corrected chi connectivity index (χ3v) is 23.0. The maximum atomic E-state index is 13.9. The standard InChI is InChI=1S/C34H31FN2O2.B70/c1-21-7-9-22(10-8-21)20-39-32-17-24-15-16-37-30(27(24)19-31(32)38-2)18-28-26-5-3-4-6-29(26)36-33(28)34(37)23-11-13-25(35)14-12-23;1-37(2)55(38(3)4)64(56(39(5)6)40(7)8)68(63(53(33)34)54(35)36)70(67(61(49(25)26)50(27)28)62(51(29)30)52(31)32)69(65(57(41(9)10)42(11)12)58(43(13)14)44(15)16)66(59(45(17)18)46(19)20)60(47(21)22)48(23)24/h3-14,17,19,30,34,36H,15-16,18,20H2,1-2H3;. The van der Waals surface area contributed by atoms with E-state index in [1.54, 1.807) is 19.2 Å². The number of ether oxygens (including phenoxy) is 2. The zero-order valence-electron chi connectivity index (χ0n) is 62.6. The highest BCUT2D eigenvalue weighted by Crippen LogP contribution is 2.50. The molecule has 7 rings (SSSR count). The summed E-state index contributed by atoms with van der Waals surface area (Å²) in [6.45, 7) is 3.49. The number of hydrogen-bond donors (Lipinski definition) is 1. The summed E-state index contributed by atoms with van der Waals surface area (Å²) in [4.78, 5) is 6.29. The first-order valence-electron chi connectivity index (χ1n) is 36.6. The average Bonchev–Trinajstić information content (AvgIpc) is 1.72. The van der Waals surface area contributed by atoms with Gasteiger partial charge in [-0.1, -0.05) is 60.2 Å². The molecule has 0 saturated heterocycles. The summed E-state index contributed by atoms with van der Waals surface area (Å²) < 4.78 is 26.0. The van der Waals surface area contributed by atoms with E-state index < -0.39 is 217 Å². The van der Waals surface area contributed by atoms with Crippen LogP contribution in [0.1, 0.15) is 51.2 Å². The molecule has 72 radical (unpaired) electrons. The van der Waals surface area contributed by atoms with Gasteiger partial charge in [0.1, 0.15) is 12.4 Å². The van der Waals surface area contributed by atoms with Crippen molar-refractivity contribution in [1.29, 1.82) is 0 Å². The number of para-hydroxylation sites is 1. The first-order chi connectivity index (χ1) is 50.9. The van der Waals surface area contributed by atoms with Crippen LogP contribution >= 0.6 is 0 Å². The van der Waals surface area contributed by atoms with Gasteiger partial charge in [-0.25, -0.2) is 4.39 Å². The lowest BCUT2D eigenvalue weighted by atomic mass is 8.21. The van der Waals surface area contributed by atoms with E-state index in [9.17, 15) is 4.39 Å². The lowest BCUT2D eigenvalue weighted by Crippen LogP contribution is -2.98. The van der Waals surface area contributed by atoms with Crippen molar-refractivity contribution in [2.45, 2.75) is 38.5 Å². The average molecular weight is 1280 g/mol. The van der Waals surface area contributed by atoms with Gasteiger partial charge in [0.25, 0.3) is 0 Å². The second kappa shape index (κ2) is 44.1. The van der Waals surface area contributed by atoms with Crippen molar-refractivity contribution in [1.82, 2.24) is 9.88 Å². The molecule has 2 aliphatic rings. The van der Waals surface area contributed by atoms with Crippen LogP contribution in [-0.2, 0) is 19.4 Å². The quantitative estimate of drug-likeness (QED) is 0.0400. The highest BCUT2D eigenvalue weighted by Gasteiger charge is 2.65. The van der Waals surface area contributed by atoms with Crippen molar-refractivity contribution in [3.63, 3.8) is 0 Å². The number of nitrogens with zero attached hydrogens (tertiary/aromatic N) is 1. The molecule has 2 unspecified atom stereocenters. The predicted molar refractivity (Wildman–Crippen MR) is 555 cm³/mol. The Morgan fingerprint density at radius 1 is 0.385 bits per heavy atom. The Morgan fingerprint density at radius 3 is 1.02 bits per heavy atom. The minimum atomic E-state index is -1.72. The Labute approximate surface area is 717 Å². The molecule has 109 heavy (non-hydrogen) atoms. The molecule has 406 valence electrons. The molecule has 2 atom stereocenters. The van der Waals surface area contributed by atoms with E-state index >= 15 is 0 Å². The molecule has 4 nitrogen and oxygen atoms in total. The van der Waals surface area contributed by atoms with Crippen LogP contribution in [0.5, 0.6) is 11.5 Å². The van der Waals surface area contributed by atoms with Crippen LogP contribution in [0.4, 0.5) is 4.39 Å². The highest BCUT2D eigenvalue weighted by atomic mass is 19.1. The van der Waals surface area contributed by atoms with Gasteiger partial charge in [0.2, 0.25) is 0 Å². The molecule has 2 aliphatic heterocycles. The molecule has 5 aromatic rings. The van der Waals surface area contributed by atoms with E-state index in [-0.39, 0.29) is 17.9 Å². The molecule has 4 aromatic carbocycles. The van der Waals surface area contributed by atoms with Crippen molar-refractivity contribution in [3.05, 3.63) is 130 Å². The Bertz CT molecular complexity index is 3340. The van der Waals surface area contributed by atoms with Gasteiger partial charge < -0.3 is 14.5 Å². The largest absolute Gasteiger partial charge is 0.493 e. The third kappa shape index (κ3) is 23.8. The summed E-state index contributed by atoms with van der Waals surface area (Å²) >= 11 is 0. The highest BCUT2D eigenvalue weighted by molar-refractivity contribution is 8.40. The number of methoxy groups -OCH3 is 1. The van der Waals surface area contributed by atoms with Crippen molar-refractivity contribution in [3.8, 4) is 11.5 Å². The second-order valence-electron chi connectivity index (χ2n) is 30.3. The molecule has 0 spiro atoms. The van der Waals surface area contributed by atoms with Crippen LogP contribution < -0.4 is 9.47 Å². The molecule has 0 aliphatic carbocycles. The number of aromatic nitrogens is 1. The maximum Gasteiger partial charge on any atom is 0.161 e. The summed E-state index contributed by atoms with van der Waals surface area (Å²) in [6, 6.07) is 28.5. The summed E-state index contributed by atoms with van der Waals surface area (Å²) in [5.41, 5.74) is 9.75. The zero-order chi connectivity index (χ0) is 82.1. The van der Waals surface area contributed by atoms with Crippen LogP contribution in [-0.4, -0.2) is 519 Å². The van der Waals surface area contributed by atoms with Gasteiger partial charge in [0.05, 0.1) is 13.2 Å². The SMILES string of the molecule is COc1cc2c(cc1OCc1ccc(C)cc1)CCN1C2Cc2c([nH]c3ccccc23)C1c1ccc(F)cc1.[B]B([B])B(B([B])[B])B(B(B([B])[B])B([B])[B])B(B(B([B])[B])B([B])[B])B(B(B(B([B])[B])B([B])[B])B(B([B])[B])B([B])[B])B(B(B(B([B])[B])B([B])[B])B(B([B])[B])B([B])[B])B(B(B([B])[B])B([B])[B])B(B([B])[B])B([B])[B].